The van der Waals surface area contributed by atoms with Gasteiger partial charge in [0, 0.05) is 42.6 Å². The van der Waals surface area contributed by atoms with Crippen molar-refractivity contribution in [1.82, 2.24) is 29.3 Å². The van der Waals surface area contributed by atoms with Crippen LogP contribution >= 0.6 is 0 Å². The molecule has 4 aromatic rings. The summed E-state index contributed by atoms with van der Waals surface area (Å²) in [7, 11) is 1.57. The van der Waals surface area contributed by atoms with Gasteiger partial charge >= 0.3 is 0 Å². The predicted molar refractivity (Wildman–Crippen MR) is 119 cm³/mol. The van der Waals surface area contributed by atoms with E-state index in [0.29, 0.717) is 54.7 Å². The van der Waals surface area contributed by atoms with Crippen LogP contribution in [-0.4, -0.2) is 36.4 Å². The van der Waals surface area contributed by atoms with Gasteiger partial charge in [-0.2, -0.15) is 5.10 Å². The van der Waals surface area contributed by atoms with Crippen LogP contribution in [0.5, 0.6) is 5.75 Å². The third kappa shape index (κ3) is 4.07. The topological polar surface area (TPSA) is 70.7 Å². The molecule has 0 amide bonds. The molecule has 1 unspecified atom stereocenters. The zero-order valence-electron chi connectivity index (χ0n) is 18.5. The normalized spacial score (nSPS) is 15.6. The standard InChI is InChI=1S/C24H21F3N6O/c1-14-12-32(13-29-14)24-20(34-2)8-15(11-28-24)5-6-21-30-23-17(4-3-7-33(23)31-21)22-18(26)9-16(25)10-19(22)27/h5-6,8-13,17H,3-4,7H2,1-2H3. The maximum atomic E-state index is 14.4. The third-order valence-electron chi connectivity index (χ3n) is 5.74. The number of halogens is 3. The Morgan fingerprint density at radius 1 is 1.09 bits per heavy atom. The van der Waals surface area contributed by atoms with Crippen molar-refractivity contribution in [2.45, 2.75) is 32.2 Å². The second-order valence-corrected chi connectivity index (χ2v) is 8.08. The van der Waals surface area contributed by atoms with Crippen molar-refractivity contribution in [1.29, 1.82) is 0 Å². The van der Waals surface area contributed by atoms with Crippen molar-refractivity contribution in [2.24, 2.45) is 0 Å². The van der Waals surface area contributed by atoms with Gasteiger partial charge in [0.1, 0.15) is 29.6 Å². The number of methoxy groups -OCH3 is 1. The summed E-state index contributed by atoms with van der Waals surface area (Å²) < 4.78 is 51.1. The van der Waals surface area contributed by atoms with Gasteiger partial charge < -0.3 is 4.74 Å². The Kier molecular flexibility index (Phi) is 5.64. The summed E-state index contributed by atoms with van der Waals surface area (Å²) in [6.45, 7) is 2.48. The first-order valence-corrected chi connectivity index (χ1v) is 10.7. The molecule has 0 aliphatic carbocycles. The lowest BCUT2D eigenvalue weighted by molar-refractivity contribution is 0.410. The maximum Gasteiger partial charge on any atom is 0.180 e. The molecule has 10 heteroatoms. The molecule has 1 aromatic carbocycles. The van der Waals surface area contributed by atoms with Crippen LogP contribution in [0.3, 0.4) is 0 Å². The highest BCUT2D eigenvalue weighted by molar-refractivity contribution is 5.67. The molecule has 0 fully saturated rings. The highest BCUT2D eigenvalue weighted by Crippen LogP contribution is 2.35. The van der Waals surface area contributed by atoms with Gasteiger partial charge in [-0.05, 0) is 43.5 Å². The summed E-state index contributed by atoms with van der Waals surface area (Å²) in [6, 6.07) is 3.23. The molecule has 1 aliphatic rings. The van der Waals surface area contributed by atoms with E-state index in [1.807, 2.05) is 19.2 Å². The summed E-state index contributed by atoms with van der Waals surface area (Å²) in [4.78, 5) is 13.2. The van der Waals surface area contributed by atoms with Gasteiger partial charge in [-0.15, -0.1) is 0 Å². The summed E-state index contributed by atoms with van der Waals surface area (Å²) in [5.74, 6) is -1.37. The summed E-state index contributed by atoms with van der Waals surface area (Å²) >= 11 is 0. The minimum Gasteiger partial charge on any atom is -0.493 e. The molecular weight excluding hydrogens is 445 g/mol. The largest absolute Gasteiger partial charge is 0.493 e. The monoisotopic (exact) mass is 466 g/mol. The Bertz CT molecular complexity index is 1370. The quantitative estimate of drug-likeness (QED) is 0.427. The lowest BCUT2D eigenvalue weighted by atomic mass is 9.90. The van der Waals surface area contributed by atoms with E-state index < -0.39 is 23.4 Å². The zero-order chi connectivity index (χ0) is 23.8. The molecule has 0 saturated heterocycles. The van der Waals surface area contributed by atoms with Crippen LogP contribution in [-0.2, 0) is 6.54 Å². The number of aryl methyl sites for hydroxylation is 2. The van der Waals surface area contributed by atoms with Crippen LogP contribution < -0.4 is 4.74 Å². The van der Waals surface area contributed by atoms with E-state index in [4.69, 9.17) is 4.74 Å². The molecule has 1 atom stereocenters. The fourth-order valence-electron chi connectivity index (χ4n) is 4.19. The maximum absolute atomic E-state index is 14.4. The van der Waals surface area contributed by atoms with Gasteiger partial charge in [0.2, 0.25) is 0 Å². The number of rotatable bonds is 5. The Morgan fingerprint density at radius 3 is 2.59 bits per heavy atom. The van der Waals surface area contributed by atoms with Crippen LogP contribution in [0, 0.1) is 24.4 Å². The average Bonchev–Trinajstić information content (AvgIpc) is 3.43. The first-order chi connectivity index (χ1) is 16.4. The van der Waals surface area contributed by atoms with Gasteiger partial charge in [0.25, 0.3) is 0 Å². The molecule has 0 bridgehead atoms. The minimum atomic E-state index is -0.946. The highest BCUT2D eigenvalue weighted by Gasteiger charge is 2.30. The van der Waals surface area contributed by atoms with E-state index >= 15 is 0 Å². The fourth-order valence-corrected chi connectivity index (χ4v) is 4.19. The van der Waals surface area contributed by atoms with E-state index in [2.05, 4.69) is 20.1 Å². The second kappa shape index (κ2) is 8.77. The summed E-state index contributed by atoms with van der Waals surface area (Å²) in [5, 5.41) is 4.46. The number of nitrogens with zero attached hydrogens (tertiary/aromatic N) is 6. The lowest BCUT2D eigenvalue weighted by Gasteiger charge is -2.23. The fraction of sp³-hybridized carbons (Fsp3) is 0.250. The van der Waals surface area contributed by atoms with Gasteiger partial charge in [-0.25, -0.2) is 32.8 Å². The van der Waals surface area contributed by atoms with Crippen LogP contribution in [0.25, 0.3) is 18.0 Å². The number of aromatic nitrogens is 6. The van der Waals surface area contributed by atoms with Gasteiger partial charge in [0.15, 0.2) is 17.4 Å². The molecule has 7 nitrogen and oxygen atoms in total. The molecule has 0 N–H and O–H groups in total. The molecule has 0 saturated carbocycles. The Balaban J connectivity index is 1.43. The van der Waals surface area contributed by atoms with Crippen molar-refractivity contribution in [3.63, 3.8) is 0 Å². The van der Waals surface area contributed by atoms with E-state index in [-0.39, 0.29) is 5.56 Å². The minimum absolute atomic E-state index is 0.176. The SMILES string of the molecule is COc1cc(C=Cc2nc3n(n2)CCCC3c2c(F)cc(F)cc2F)cnc1-n1cnc(C)c1. The number of hydrogen-bond donors (Lipinski definition) is 0. The van der Waals surface area contributed by atoms with Gasteiger partial charge in [-0.1, -0.05) is 0 Å². The molecule has 34 heavy (non-hydrogen) atoms. The molecule has 1 aliphatic heterocycles. The molecule has 5 rings (SSSR count). The van der Waals surface area contributed by atoms with Crippen molar-refractivity contribution < 1.29 is 17.9 Å². The molecule has 3 aromatic heterocycles. The van der Waals surface area contributed by atoms with Crippen LogP contribution in [0.2, 0.25) is 0 Å². The second-order valence-electron chi connectivity index (χ2n) is 8.08. The van der Waals surface area contributed by atoms with Crippen LogP contribution in [0.1, 0.15) is 47.2 Å². The lowest BCUT2D eigenvalue weighted by Crippen LogP contribution is -2.20. The number of hydrogen-bond acceptors (Lipinski definition) is 5. The number of ether oxygens (including phenoxy) is 1. The summed E-state index contributed by atoms with van der Waals surface area (Å²) in [5.41, 5.74) is 1.45. The van der Waals surface area contributed by atoms with Gasteiger partial charge in [0.05, 0.1) is 12.8 Å². The molecular formula is C24H21F3N6O. The Morgan fingerprint density at radius 2 is 1.88 bits per heavy atom. The zero-order valence-corrected chi connectivity index (χ0v) is 18.5. The first kappa shape index (κ1) is 21.9. The van der Waals surface area contributed by atoms with E-state index in [1.54, 1.807) is 41.0 Å². The number of imidazole rings is 1. The molecule has 0 spiro atoms. The molecule has 174 valence electrons. The Hall–Kier alpha value is -3.95. The van der Waals surface area contributed by atoms with Crippen molar-refractivity contribution in [3.8, 4) is 11.6 Å². The van der Waals surface area contributed by atoms with E-state index in [9.17, 15) is 13.2 Å². The van der Waals surface area contributed by atoms with Crippen molar-refractivity contribution in [2.75, 3.05) is 7.11 Å². The Labute approximate surface area is 193 Å². The third-order valence-corrected chi connectivity index (χ3v) is 5.74. The van der Waals surface area contributed by atoms with E-state index in [0.717, 1.165) is 11.3 Å². The van der Waals surface area contributed by atoms with E-state index in [1.165, 1.54) is 0 Å². The number of benzene rings is 1. The predicted octanol–water partition coefficient (Wildman–Crippen LogP) is 4.69. The number of fused-ring (bicyclic) bond motifs is 1. The van der Waals surface area contributed by atoms with Crippen LogP contribution in [0.15, 0.2) is 36.9 Å². The average molecular weight is 466 g/mol. The number of pyridine rings is 1. The molecule has 4 heterocycles. The van der Waals surface area contributed by atoms with Crippen LogP contribution in [0.4, 0.5) is 13.2 Å². The van der Waals surface area contributed by atoms with Crippen molar-refractivity contribution in [3.05, 3.63) is 82.8 Å². The highest BCUT2D eigenvalue weighted by atomic mass is 19.1. The molecule has 0 radical (unpaired) electrons. The smallest absolute Gasteiger partial charge is 0.180 e. The summed E-state index contributed by atoms with van der Waals surface area (Å²) in [6.07, 6.45) is 9.87. The van der Waals surface area contributed by atoms with Gasteiger partial charge in [-0.3, -0.25) is 4.57 Å². The first-order valence-electron chi connectivity index (χ1n) is 10.7. The van der Waals surface area contributed by atoms with Crippen molar-refractivity contribution >= 4 is 12.2 Å².